The number of rotatable bonds is 8. The van der Waals surface area contributed by atoms with Crippen LogP contribution < -0.4 is 5.32 Å². The Hall–Kier alpha value is -1.26. The third-order valence-electron chi connectivity index (χ3n) is 4.14. The van der Waals surface area contributed by atoms with Crippen molar-refractivity contribution in [3.8, 4) is 0 Å². The molecule has 2 atom stereocenters. The zero-order valence-electron chi connectivity index (χ0n) is 12.7. The Morgan fingerprint density at radius 1 is 1.20 bits per heavy atom. The van der Waals surface area contributed by atoms with E-state index in [-0.39, 0.29) is 12.1 Å². The van der Waals surface area contributed by atoms with E-state index in [9.17, 15) is 9.59 Å². The van der Waals surface area contributed by atoms with E-state index in [2.05, 4.69) is 12.2 Å². The van der Waals surface area contributed by atoms with Gasteiger partial charge in [-0.05, 0) is 19.8 Å². The largest absolute Gasteiger partial charge is 0.481 e. The number of carbonyl (C=O) groups excluding carboxylic acids is 1. The minimum Gasteiger partial charge on any atom is -0.481 e. The first-order valence-corrected chi connectivity index (χ1v) is 7.85. The predicted molar refractivity (Wildman–Crippen MR) is 78.7 cm³/mol. The highest BCUT2D eigenvalue weighted by Gasteiger charge is 2.37. The van der Waals surface area contributed by atoms with Gasteiger partial charge in [-0.1, -0.05) is 39.0 Å². The van der Waals surface area contributed by atoms with Crippen molar-refractivity contribution in [2.75, 3.05) is 13.1 Å². The third kappa shape index (κ3) is 5.02. The van der Waals surface area contributed by atoms with E-state index in [0.717, 1.165) is 12.8 Å². The molecule has 0 radical (unpaired) electrons. The molecule has 0 aromatic carbocycles. The van der Waals surface area contributed by atoms with E-state index in [1.165, 1.54) is 25.7 Å². The van der Waals surface area contributed by atoms with Gasteiger partial charge in [-0.15, -0.1) is 0 Å². The summed E-state index contributed by atoms with van der Waals surface area (Å²) in [6.07, 6.45) is 7.73. The van der Waals surface area contributed by atoms with Crippen LogP contribution in [0.25, 0.3) is 0 Å². The van der Waals surface area contributed by atoms with E-state index >= 15 is 0 Å². The van der Waals surface area contributed by atoms with Crippen LogP contribution in [-0.4, -0.2) is 41.1 Å². The second-order valence-electron chi connectivity index (χ2n) is 5.67. The van der Waals surface area contributed by atoms with Crippen molar-refractivity contribution in [3.63, 3.8) is 0 Å². The Balaban J connectivity index is 2.16. The molecule has 20 heavy (non-hydrogen) atoms. The highest BCUT2D eigenvalue weighted by molar-refractivity contribution is 5.78. The number of likely N-dealkylation sites (tertiary alicyclic amines) is 1. The van der Waals surface area contributed by atoms with Gasteiger partial charge < -0.3 is 15.3 Å². The number of nitrogens with zero attached hydrogens (tertiary/aromatic N) is 1. The summed E-state index contributed by atoms with van der Waals surface area (Å²) in [6, 6.07) is -0.327. The van der Waals surface area contributed by atoms with Gasteiger partial charge in [0.15, 0.2) is 0 Å². The molecule has 0 bridgehead atoms. The summed E-state index contributed by atoms with van der Waals surface area (Å²) in [7, 11) is 0. The van der Waals surface area contributed by atoms with Crippen LogP contribution in [0.1, 0.15) is 58.8 Å². The maximum Gasteiger partial charge on any atom is 0.317 e. The molecule has 2 amide bonds. The minimum absolute atomic E-state index is 0.116. The van der Waals surface area contributed by atoms with Gasteiger partial charge in [-0.2, -0.15) is 0 Å². The fourth-order valence-electron chi connectivity index (χ4n) is 2.76. The molecule has 0 spiro atoms. The fraction of sp³-hybridized carbons (Fsp3) is 0.867. The van der Waals surface area contributed by atoms with Crippen LogP contribution >= 0.6 is 0 Å². The normalized spacial score (nSPS) is 22.0. The van der Waals surface area contributed by atoms with Gasteiger partial charge in [-0.3, -0.25) is 4.79 Å². The Bertz CT molecular complexity index is 320. The molecule has 1 heterocycles. The van der Waals surface area contributed by atoms with Gasteiger partial charge in [0.25, 0.3) is 0 Å². The molecule has 5 heteroatoms. The lowest BCUT2D eigenvalue weighted by molar-refractivity contribution is -0.142. The molecule has 2 unspecified atom stereocenters. The number of hydrogen-bond acceptors (Lipinski definition) is 2. The third-order valence-corrected chi connectivity index (χ3v) is 4.14. The molecular weight excluding hydrogens is 256 g/mol. The lowest BCUT2D eigenvalue weighted by Gasteiger charge is -2.23. The number of aliphatic carboxylic acids is 1. The van der Waals surface area contributed by atoms with Gasteiger partial charge in [-0.25, -0.2) is 4.79 Å². The van der Waals surface area contributed by atoms with E-state index in [1.807, 2.05) is 6.92 Å². The van der Waals surface area contributed by atoms with Crippen molar-refractivity contribution in [3.05, 3.63) is 0 Å². The summed E-state index contributed by atoms with van der Waals surface area (Å²) in [6.45, 7) is 5.24. The van der Waals surface area contributed by atoms with Gasteiger partial charge in [0.05, 0.1) is 5.92 Å². The molecule has 116 valence electrons. The van der Waals surface area contributed by atoms with Crippen molar-refractivity contribution in [2.24, 2.45) is 5.92 Å². The fourth-order valence-corrected chi connectivity index (χ4v) is 2.76. The second-order valence-corrected chi connectivity index (χ2v) is 5.67. The zero-order chi connectivity index (χ0) is 15.0. The standard InChI is InChI=1S/C15H28N2O3/c1-3-4-5-6-7-8-10-16-15(20)17-11-9-13(12(17)2)14(18)19/h12-13H,3-11H2,1-2H3,(H,16,20)(H,18,19). The van der Waals surface area contributed by atoms with Crippen LogP contribution in [0.15, 0.2) is 0 Å². The smallest absolute Gasteiger partial charge is 0.317 e. The molecule has 0 aromatic rings. The van der Waals surface area contributed by atoms with Crippen LogP contribution in [0.5, 0.6) is 0 Å². The number of nitrogens with one attached hydrogen (secondary N) is 1. The van der Waals surface area contributed by atoms with Crippen molar-refractivity contribution in [2.45, 2.75) is 64.8 Å². The van der Waals surface area contributed by atoms with Crippen LogP contribution in [-0.2, 0) is 4.79 Å². The molecule has 1 rings (SSSR count). The average Bonchev–Trinajstić information content (AvgIpc) is 2.79. The second kappa shape index (κ2) is 8.82. The summed E-state index contributed by atoms with van der Waals surface area (Å²) in [4.78, 5) is 24.6. The Morgan fingerprint density at radius 3 is 2.45 bits per heavy atom. The number of amides is 2. The summed E-state index contributed by atoms with van der Waals surface area (Å²) >= 11 is 0. The first-order valence-electron chi connectivity index (χ1n) is 7.85. The molecule has 1 saturated heterocycles. The van der Waals surface area contributed by atoms with Crippen LogP contribution in [0.4, 0.5) is 4.79 Å². The van der Waals surface area contributed by atoms with Crippen molar-refractivity contribution in [1.82, 2.24) is 10.2 Å². The molecule has 0 saturated carbocycles. The molecule has 2 N–H and O–H groups in total. The first-order chi connectivity index (χ1) is 9.57. The van der Waals surface area contributed by atoms with E-state index in [1.54, 1.807) is 4.90 Å². The average molecular weight is 284 g/mol. The number of carboxylic acid groups (broad SMARTS) is 1. The lowest BCUT2D eigenvalue weighted by Crippen LogP contribution is -2.44. The first kappa shape index (κ1) is 16.8. The quantitative estimate of drug-likeness (QED) is 0.673. The molecule has 0 aromatic heterocycles. The topological polar surface area (TPSA) is 69.6 Å². The highest BCUT2D eigenvalue weighted by Crippen LogP contribution is 2.24. The maximum atomic E-state index is 12.0. The summed E-state index contributed by atoms with van der Waals surface area (Å²) < 4.78 is 0. The minimum atomic E-state index is -0.802. The molecular formula is C15H28N2O3. The van der Waals surface area contributed by atoms with Crippen molar-refractivity contribution >= 4 is 12.0 Å². The number of unbranched alkanes of at least 4 members (excludes halogenated alkanes) is 5. The van der Waals surface area contributed by atoms with Crippen LogP contribution in [0.3, 0.4) is 0 Å². The molecule has 5 nitrogen and oxygen atoms in total. The van der Waals surface area contributed by atoms with Gasteiger partial charge >= 0.3 is 12.0 Å². The Morgan fingerprint density at radius 2 is 1.85 bits per heavy atom. The maximum absolute atomic E-state index is 12.0. The number of hydrogen-bond donors (Lipinski definition) is 2. The van der Waals surface area contributed by atoms with Gasteiger partial charge in [0.2, 0.25) is 0 Å². The van der Waals surface area contributed by atoms with Gasteiger partial charge in [0, 0.05) is 19.1 Å². The van der Waals surface area contributed by atoms with Crippen LogP contribution in [0.2, 0.25) is 0 Å². The van der Waals surface area contributed by atoms with Crippen molar-refractivity contribution in [1.29, 1.82) is 0 Å². The van der Waals surface area contributed by atoms with Crippen LogP contribution in [0, 0.1) is 5.92 Å². The molecule has 1 aliphatic rings. The van der Waals surface area contributed by atoms with Crippen molar-refractivity contribution < 1.29 is 14.7 Å². The summed E-state index contributed by atoms with van der Waals surface area (Å²) in [5.74, 6) is -1.22. The molecule has 1 aliphatic heterocycles. The number of carbonyl (C=O) groups is 2. The molecule has 0 aliphatic carbocycles. The Kier molecular flexibility index (Phi) is 7.41. The highest BCUT2D eigenvalue weighted by atomic mass is 16.4. The Labute approximate surface area is 121 Å². The van der Waals surface area contributed by atoms with E-state index in [0.29, 0.717) is 19.5 Å². The zero-order valence-corrected chi connectivity index (χ0v) is 12.7. The SMILES string of the molecule is CCCCCCCCNC(=O)N1CCC(C(=O)O)C1C. The number of urea groups is 1. The van der Waals surface area contributed by atoms with E-state index in [4.69, 9.17) is 5.11 Å². The monoisotopic (exact) mass is 284 g/mol. The van der Waals surface area contributed by atoms with E-state index < -0.39 is 11.9 Å². The lowest BCUT2D eigenvalue weighted by atomic mass is 10.0. The van der Waals surface area contributed by atoms with Gasteiger partial charge in [0.1, 0.15) is 0 Å². The number of carboxylic acids is 1. The molecule has 1 fully saturated rings. The summed E-state index contributed by atoms with van der Waals surface area (Å²) in [5, 5.41) is 11.9. The summed E-state index contributed by atoms with van der Waals surface area (Å²) in [5.41, 5.74) is 0. The predicted octanol–water partition coefficient (Wildman–Crippen LogP) is 2.85.